The number of esters is 2. The molecule has 2 fully saturated rings. The van der Waals surface area contributed by atoms with Gasteiger partial charge in [0.2, 0.25) is 0 Å². The van der Waals surface area contributed by atoms with Crippen molar-refractivity contribution in [3.8, 4) is 0 Å². The standard InChI is InChI=1S/C24H32O7/c1-12-15-8-10-29-17(15)11-16-19(12)20(31-14(3)26)21(27)24(28)22(4,5)9-7-18(23(16,24)6)30-13(2)25/h8,10,16,18-21,27-28H,1,7,9,11H2,2-6H3/t16-,18-,19-,20+,21-,23-,24+/m0/s1. The van der Waals surface area contributed by atoms with Crippen molar-refractivity contribution in [2.75, 3.05) is 0 Å². The highest BCUT2D eigenvalue weighted by molar-refractivity contribution is 5.72. The van der Waals surface area contributed by atoms with E-state index in [0.717, 1.165) is 11.3 Å². The van der Waals surface area contributed by atoms with Crippen molar-refractivity contribution < 1.29 is 33.7 Å². The molecule has 0 saturated heterocycles. The summed E-state index contributed by atoms with van der Waals surface area (Å²) in [6.07, 6.45) is 0.138. The fourth-order valence-corrected chi connectivity index (χ4v) is 6.89. The maximum absolute atomic E-state index is 12.3. The second-order valence-electron chi connectivity index (χ2n) is 10.2. The van der Waals surface area contributed by atoms with Crippen LogP contribution in [0.2, 0.25) is 0 Å². The highest BCUT2D eigenvalue weighted by Crippen LogP contribution is 2.67. The van der Waals surface area contributed by atoms with E-state index in [4.69, 9.17) is 13.9 Å². The third-order valence-corrected chi connectivity index (χ3v) is 8.36. The molecule has 7 atom stereocenters. The Bertz CT molecular complexity index is 930. The lowest BCUT2D eigenvalue weighted by molar-refractivity contribution is -0.330. The first-order valence-electron chi connectivity index (χ1n) is 10.9. The van der Waals surface area contributed by atoms with E-state index in [1.165, 1.54) is 13.8 Å². The molecule has 31 heavy (non-hydrogen) atoms. The molecule has 0 aromatic carbocycles. The van der Waals surface area contributed by atoms with E-state index in [-0.39, 0.29) is 5.92 Å². The lowest BCUT2D eigenvalue weighted by Gasteiger charge is -2.69. The fourth-order valence-electron chi connectivity index (χ4n) is 6.89. The van der Waals surface area contributed by atoms with Gasteiger partial charge >= 0.3 is 11.9 Å². The zero-order valence-electron chi connectivity index (χ0n) is 18.8. The van der Waals surface area contributed by atoms with E-state index >= 15 is 0 Å². The van der Waals surface area contributed by atoms with Crippen LogP contribution in [0.25, 0.3) is 5.57 Å². The highest BCUT2D eigenvalue weighted by Gasteiger charge is 2.75. The van der Waals surface area contributed by atoms with Gasteiger partial charge in [0.25, 0.3) is 0 Å². The van der Waals surface area contributed by atoms with Gasteiger partial charge in [0, 0.05) is 37.2 Å². The molecular formula is C24H32O7. The van der Waals surface area contributed by atoms with E-state index in [1.54, 1.807) is 6.26 Å². The van der Waals surface area contributed by atoms with Crippen molar-refractivity contribution in [1.29, 1.82) is 0 Å². The van der Waals surface area contributed by atoms with Gasteiger partial charge in [0.1, 0.15) is 29.7 Å². The molecule has 2 saturated carbocycles. The Morgan fingerprint density at radius 3 is 2.45 bits per heavy atom. The summed E-state index contributed by atoms with van der Waals surface area (Å²) in [6, 6.07) is 1.82. The van der Waals surface area contributed by atoms with Crippen molar-refractivity contribution in [3.05, 3.63) is 30.2 Å². The van der Waals surface area contributed by atoms with Gasteiger partial charge in [-0.2, -0.15) is 0 Å². The number of furan rings is 1. The molecule has 3 aliphatic carbocycles. The molecule has 2 N–H and O–H groups in total. The molecular weight excluding hydrogens is 400 g/mol. The first-order valence-corrected chi connectivity index (χ1v) is 10.9. The number of rotatable bonds is 2. The van der Waals surface area contributed by atoms with E-state index in [1.807, 2.05) is 26.8 Å². The summed E-state index contributed by atoms with van der Waals surface area (Å²) in [6.45, 7) is 12.6. The quantitative estimate of drug-likeness (QED) is 0.692. The van der Waals surface area contributed by atoms with Crippen LogP contribution < -0.4 is 0 Å². The summed E-state index contributed by atoms with van der Waals surface area (Å²) in [4.78, 5) is 24.0. The van der Waals surface area contributed by atoms with Crippen LogP contribution in [0.15, 0.2) is 23.3 Å². The number of carbonyl (C=O) groups is 2. The van der Waals surface area contributed by atoms with E-state index in [0.29, 0.717) is 24.8 Å². The molecule has 170 valence electrons. The maximum Gasteiger partial charge on any atom is 0.303 e. The van der Waals surface area contributed by atoms with Gasteiger partial charge in [-0.05, 0) is 35.8 Å². The SMILES string of the molecule is C=C1c2ccoc2C[C@H]2[C@H]1[C@@H](OC(C)=O)[C@H](O)[C@@]1(O)C(C)(C)CC[C@H](OC(C)=O)[C@]21C. The Labute approximate surface area is 182 Å². The highest BCUT2D eigenvalue weighted by atomic mass is 16.6. The summed E-state index contributed by atoms with van der Waals surface area (Å²) in [7, 11) is 0. The topological polar surface area (TPSA) is 106 Å². The first-order chi connectivity index (χ1) is 14.4. The summed E-state index contributed by atoms with van der Waals surface area (Å²) in [5.41, 5.74) is -1.93. The lowest BCUT2D eigenvalue weighted by Crippen LogP contribution is -2.79. The van der Waals surface area contributed by atoms with E-state index in [9.17, 15) is 19.8 Å². The molecule has 3 aliphatic rings. The number of aliphatic hydroxyl groups is 2. The number of fused-ring (bicyclic) bond motifs is 4. The molecule has 0 amide bonds. The Morgan fingerprint density at radius 1 is 1.19 bits per heavy atom. The Hall–Kier alpha value is -2.12. The van der Waals surface area contributed by atoms with Crippen LogP contribution in [0, 0.1) is 22.7 Å². The van der Waals surface area contributed by atoms with Gasteiger partial charge in [-0.3, -0.25) is 9.59 Å². The van der Waals surface area contributed by atoms with E-state index in [2.05, 4.69) is 6.58 Å². The van der Waals surface area contributed by atoms with Crippen LogP contribution in [0.1, 0.15) is 58.8 Å². The summed E-state index contributed by atoms with van der Waals surface area (Å²) in [5, 5.41) is 24.0. The van der Waals surface area contributed by atoms with Gasteiger partial charge in [-0.25, -0.2) is 0 Å². The Balaban J connectivity index is 1.96. The van der Waals surface area contributed by atoms with Crippen molar-refractivity contribution in [2.45, 2.75) is 77.8 Å². The molecule has 1 aromatic rings. The van der Waals surface area contributed by atoms with Gasteiger partial charge in [-0.15, -0.1) is 0 Å². The maximum atomic E-state index is 12.3. The largest absolute Gasteiger partial charge is 0.469 e. The predicted octanol–water partition coefficient (Wildman–Crippen LogP) is 2.88. The molecule has 0 aliphatic heterocycles. The van der Waals surface area contributed by atoms with Crippen LogP contribution in [-0.4, -0.2) is 46.1 Å². The number of aliphatic hydroxyl groups excluding tert-OH is 1. The third-order valence-electron chi connectivity index (χ3n) is 8.36. The monoisotopic (exact) mass is 432 g/mol. The second kappa shape index (κ2) is 6.94. The van der Waals surface area contributed by atoms with Gasteiger partial charge in [0.05, 0.1) is 6.26 Å². The third kappa shape index (κ3) is 2.79. The summed E-state index contributed by atoms with van der Waals surface area (Å²) in [5.74, 6) is -1.03. The van der Waals surface area contributed by atoms with Crippen molar-refractivity contribution >= 4 is 17.5 Å². The van der Waals surface area contributed by atoms with Gasteiger partial charge < -0.3 is 24.1 Å². The van der Waals surface area contributed by atoms with Crippen LogP contribution in [0.5, 0.6) is 0 Å². The van der Waals surface area contributed by atoms with Crippen molar-refractivity contribution in [2.24, 2.45) is 22.7 Å². The molecule has 1 aromatic heterocycles. The Morgan fingerprint density at radius 2 is 1.84 bits per heavy atom. The average Bonchev–Trinajstić information content (AvgIpc) is 3.14. The molecule has 0 bridgehead atoms. The number of hydrogen-bond donors (Lipinski definition) is 2. The molecule has 1 heterocycles. The van der Waals surface area contributed by atoms with Crippen LogP contribution in [-0.2, 0) is 25.5 Å². The molecule has 0 unspecified atom stereocenters. The number of carbonyl (C=O) groups excluding carboxylic acids is 2. The lowest BCUT2D eigenvalue weighted by atomic mass is 9.39. The van der Waals surface area contributed by atoms with Crippen molar-refractivity contribution in [1.82, 2.24) is 0 Å². The minimum Gasteiger partial charge on any atom is -0.469 e. The average molecular weight is 433 g/mol. The normalized spacial score (nSPS) is 40.9. The second-order valence-corrected chi connectivity index (χ2v) is 10.2. The molecule has 7 heteroatoms. The summed E-state index contributed by atoms with van der Waals surface area (Å²) >= 11 is 0. The molecule has 0 radical (unpaired) electrons. The Kier molecular flexibility index (Phi) is 4.94. The zero-order chi connectivity index (χ0) is 22.9. The van der Waals surface area contributed by atoms with Gasteiger partial charge in [-0.1, -0.05) is 27.4 Å². The van der Waals surface area contributed by atoms with Crippen LogP contribution in [0.4, 0.5) is 0 Å². The number of hydrogen-bond acceptors (Lipinski definition) is 7. The zero-order valence-corrected chi connectivity index (χ0v) is 18.8. The summed E-state index contributed by atoms with van der Waals surface area (Å²) < 4.78 is 17.1. The van der Waals surface area contributed by atoms with E-state index < -0.39 is 52.6 Å². The minimum absolute atomic E-state index is 0.333. The van der Waals surface area contributed by atoms with Crippen LogP contribution >= 0.6 is 0 Å². The van der Waals surface area contributed by atoms with Gasteiger partial charge in [0.15, 0.2) is 0 Å². The minimum atomic E-state index is -1.69. The molecule has 4 rings (SSSR count). The van der Waals surface area contributed by atoms with Crippen molar-refractivity contribution in [3.63, 3.8) is 0 Å². The predicted molar refractivity (Wildman–Crippen MR) is 112 cm³/mol. The molecule has 7 nitrogen and oxygen atoms in total. The first kappa shape index (κ1) is 22.1. The molecule has 0 spiro atoms. The fraction of sp³-hybridized carbons (Fsp3) is 0.667. The smallest absolute Gasteiger partial charge is 0.303 e. The number of ether oxygens (including phenoxy) is 2. The van der Waals surface area contributed by atoms with Crippen LogP contribution in [0.3, 0.4) is 0 Å².